The molecule has 0 bridgehead atoms. The SMILES string of the molecule is CC[C@H]1CN(C(=O)OC(C)(C)C)[C@H](C)CN1CC(=O)O. The van der Waals surface area contributed by atoms with Crippen molar-refractivity contribution in [2.24, 2.45) is 0 Å². The Hall–Kier alpha value is -1.30. The van der Waals surface area contributed by atoms with Crippen LogP contribution in [0, 0.1) is 0 Å². The molecule has 0 saturated carbocycles. The molecule has 116 valence electrons. The Morgan fingerprint density at radius 1 is 1.30 bits per heavy atom. The standard InChI is InChI=1S/C14H26N2O4/c1-6-11-8-16(13(19)20-14(3,4)5)10(2)7-15(11)9-12(17)18/h10-11H,6-9H2,1-5H3,(H,17,18)/t10-,11+/m1/s1. The van der Waals surface area contributed by atoms with E-state index < -0.39 is 11.6 Å². The maximum absolute atomic E-state index is 12.2. The van der Waals surface area contributed by atoms with Gasteiger partial charge in [0.15, 0.2) is 0 Å². The summed E-state index contributed by atoms with van der Waals surface area (Å²) in [5.41, 5.74) is -0.517. The number of carboxylic acid groups (broad SMARTS) is 1. The van der Waals surface area contributed by atoms with Gasteiger partial charge in [-0.25, -0.2) is 4.79 Å². The second kappa shape index (κ2) is 6.43. The first-order chi connectivity index (χ1) is 9.14. The van der Waals surface area contributed by atoms with E-state index in [1.54, 1.807) is 4.90 Å². The van der Waals surface area contributed by atoms with Gasteiger partial charge in [0.05, 0.1) is 6.54 Å². The summed E-state index contributed by atoms with van der Waals surface area (Å²) in [6.07, 6.45) is 0.484. The minimum atomic E-state index is -0.832. The van der Waals surface area contributed by atoms with Gasteiger partial charge < -0.3 is 14.7 Å². The van der Waals surface area contributed by atoms with Gasteiger partial charge in [-0.05, 0) is 34.1 Å². The van der Waals surface area contributed by atoms with Gasteiger partial charge in [0.25, 0.3) is 0 Å². The van der Waals surface area contributed by atoms with Gasteiger partial charge in [0.2, 0.25) is 0 Å². The van der Waals surface area contributed by atoms with Crippen molar-refractivity contribution in [1.82, 2.24) is 9.80 Å². The maximum atomic E-state index is 12.2. The molecular weight excluding hydrogens is 260 g/mol. The Morgan fingerprint density at radius 3 is 2.35 bits per heavy atom. The molecule has 0 radical (unpaired) electrons. The zero-order chi connectivity index (χ0) is 15.5. The van der Waals surface area contributed by atoms with Crippen LogP contribution >= 0.6 is 0 Å². The number of carbonyl (C=O) groups excluding carboxylic acids is 1. The van der Waals surface area contributed by atoms with Crippen LogP contribution in [-0.2, 0) is 9.53 Å². The molecule has 0 aromatic rings. The van der Waals surface area contributed by atoms with Gasteiger partial charge >= 0.3 is 12.1 Å². The van der Waals surface area contributed by atoms with Gasteiger partial charge in [-0.3, -0.25) is 9.69 Å². The molecule has 0 spiro atoms. The lowest BCUT2D eigenvalue weighted by Crippen LogP contribution is -2.60. The summed E-state index contributed by atoms with van der Waals surface area (Å²) in [4.78, 5) is 26.7. The van der Waals surface area contributed by atoms with Crippen molar-refractivity contribution in [3.8, 4) is 0 Å². The fraction of sp³-hybridized carbons (Fsp3) is 0.857. The third-order valence-corrected chi connectivity index (χ3v) is 3.39. The van der Waals surface area contributed by atoms with E-state index >= 15 is 0 Å². The normalized spacial score (nSPS) is 24.6. The number of hydrogen-bond donors (Lipinski definition) is 1. The first kappa shape index (κ1) is 16.8. The van der Waals surface area contributed by atoms with Crippen molar-refractivity contribution in [3.05, 3.63) is 0 Å². The van der Waals surface area contributed by atoms with E-state index in [1.807, 2.05) is 39.5 Å². The molecule has 0 aromatic heterocycles. The van der Waals surface area contributed by atoms with Gasteiger partial charge in [0, 0.05) is 25.2 Å². The lowest BCUT2D eigenvalue weighted by Gasteiger charge is -2.44. The molecular formula is C14H26N2O4. The lowest BCUT2D eigenvalue weighted by molar-refractivity contribution is -0.140. The average molecular weight is 286 g/mol. The molecule has 1 fully saturated rings. The zero-order valence-corrected chi connectivity index (χ0v) is 13.0. The number of piperazine rings is 1. The van der Waals surface area contributed by atoms with Crippen LogP contribution in [0.3, 0.4) is 0 Å². The van der Waals surface area contributed by atoms with E-state index in [2.05, 4.69) is 0 Å². The van der Waals surface area contributed by atoms with Crippen LogP contribution in [0.15, 0.2) is 0 Å². The molecule has 1 aliphatic rings. The number of amides is 1. The summed E-state index contributed by atoms with van der Waals surface area (Å²) in [5, 5.41) is 8.95. The van der Waals surface area contributed by atoms with Crippen LogP contribution in [0.2, 0.25) is 0 Å². The molecule has 6 nitrogen and oxygen atoms in total. The summed E-state index contributed by atoms with van der Waals surface area (Å²) in [5.74, 6) is -0.832. The fourth-order valence-electron chi connectivity index (χ4n) is 2.44. The summed E-state index contributed by atoms with van der Waals surface area (Å²) in [6.45, 7) is 10.5. The van der Waals surface area contributed by atoms with E-state index in [9.17, 15) is 9.59 Å². The van der Waals surface area contributed by atoms with Crippen LogP contribution in [0.1, 0.15) is 41.0 Å². The van der Waals surface area contributed by atoms with Gasteiger partial charge in [0.1, 0.15) is 5.60 Å². The number of aliphatic carboxylic acids is 1. The Morgan fingerprint density at radius 2 is 1.90 bits per heavy atom. The summed E-state index contributed by atoms with van der Waals surface area (Å²) in [6, 6.07) is 0.0156. The predicted molar refractivity (Wildman–Crippen MR) is 75.7 cm³/mol. The molecule has 0 aromatic carbocycles. The minimum Gasteiger partial charge on any atom is -0.480 e. The lowest BCUT2D eigenvalue weighted by atomic mass is 10.1. The van der Waals surface area contributed by atoms with Crippen molar-refractivity contribution in [2.45, 2.75) is 58.7 Å². The van der Waals surface area contributed by atoms with Gasteiger partial charge in [-0.15, -0.1) is 0 Å². The highest BCUT2D eigenvalue weighted by Crippen LogP contribution is 2.20. The van der Waals surface area contributed by atoms with E-state index in [0.717, 1.165) is 6.42 Å². The first-order valence-electron chi connectivity index (χ1n) is 7.09. The molecule has 1 N–H and O–H groups in total. The van der Waals surface area contributed by atoms with Crippen molar-refractivity contribution >= 4 is 12.1 Å². The van der Waals surface area contributed by atoms with Crippen molar-refractivity contribution in [1.29, 1.82) is 0 Å². The largest absolute Gasteiger partial charge is 0.480 e. The molecule has 6 heteroatoms. The molecule has 1 saturated heterocycles. The molecule has 1 amide bonds. The topological polar surface area (TPSA) is 70.1 Å². The van der Waals surface area contributed by atoms with Crippen molar-refractivity contribution in [2.75, 3.05) is 19.6 Å². The maximum Gasteiger partial charge on any atom is 0.410 e. The first-order valence-corrected chi connectivity index (χ1v) is 7.09. The zero-order valence-electron chi connectivity index (χ0n) is 13.0. The Labute approximate surface area is 120 Å². The number of rotatable bonds is 3. The molecule has 2 atom stereocenters. The van der Waals surface area contributed by atoms with E-state index in [4.69, 9.17) is 9.84 Å². The molecule has 1 rings (SSSR count). The van der Waals surface area contributed by atoms with E-state index in [0.29, 0.717) is 13.1 Å². The van der Waals surface area contributed by atoms with Gasteiger partial charge in [-0.1, -0.05) is 6.92 Å². The Balaban J connectivity index is 2.73. The highest BCUT2D eigenvalue weighted by molar-refractivity contribution is 5.70. The molecule has 1 aliphatic heterocycles. The quantitative estimate of drug-likeness (QED) is 0.856. The molecule has 1 heterocycles. The number of carboxylic acids is 1. The predicted octanol–water partition coefficient (Wildman–Crippen LogP) is 1.79. The number of nitrogens with zero attached hydrogens (tertiary/aromatic N) is 2. The van der Waals surface area contributed by atoms with Crippen LogP contribution in [-0.4, -0.2) is 64.3 Å². The molecule has 20 heavy (non-hydrogen) atoms. The summed E-state index contributed by atoms with van der Waals surface area (Å²) >= 11 is 0. The smallest absolute Gasteiger partial charge is 0.410 e. The highest BCUT2D eigenvalue weighted by Gasteiger charge is 2.36. The molecule has 0 unspecified atom stereocenters. The number of ether oxygens (including phenoxy) is 1. The fourth-order valence-corrected chi connectivity index (χ4v) is 2.44. The minimum absolute atomic E-state index is 0.0189. The van der Waals surface area contributed by atoms with Crippen molar-refractivity contribution in [3.63, 3.8) is 0 Å². The second-order valence-corrected chi connectivity index (χ2v) is 6.37. The third kappa shape index (κ3) is 4.67. The summed E-state index contributed by atoms with van der Waals surface area (Å²) < 4.78 is 5.41. The van der Waals surface area contributed by atoms with E-state index in [1.165, 1.54) is 0 Å². The van der Waals surface area contributed by atoms with Crippen LogP contribution in [0.25, 0.3) is 0 Å². The summed E-state index contributed by atoms with van der Waals surface area (Å²) in [7, 11) is 0. The van der Waals surface area contributed by atoms with Gasteiger partial charge in [-0.2, -0.15) is 0 Å². The van der Waals surface area contributed by atoms with E-state index in [-0.39, 0.29) is 24.7 Å². The van der Waals surface area contributed by atoms with Crippen LogP contribution < -0.4 is 0 Å². The number of carbonyl (C=O) groups is 2. The second-order valence-electron chi connectivity index (χ2n) is 6.37. The van der Waals surface area contributed by atoms with Crippen LogP contribution in [0.5, 0.6) is 0 Å². The van der Waals surface area contributed by atoms with Crippen LogP contribution in [0.4, 0.5) is 4.79 Å². The Kier molecular flexibility index (Phi) is 5.39. The monoisotopic (exact) mass is 286 g/mol. The van der Waals surface area contributed by atoms with Crippen molar-refractivity contribution < 1.29 is 19.4 Å². The molecule has 0 aliphatic carbocycles. The number of hydrogen-bond acceptors (Lipinski definition) is 4. The Bertz CT molecular complexity index is 365. The average Bonchev–Trinajstić information content (AvgIpc) is 2.25. The third-order valence-electron chi connectivity index (χ3n) is 3.39. The highest BCUT2D eigenvalue weighted by atomic mass is 16.6.